The van der Waals surface area contributed by atoms with Crippen LogP contribution in [0.4, 0.5) is 11.6 Å². The molecule has 1 saturated heterocycles. The Labute approximate surface area is 101 Å². The first kappa shape index (κ1) is 12.1. The third kappa shape index (κ3) is 2.32. The first-order chi connectivity index (χ1) is 8.13. The smallest absolute Gasteiger partial charge is 0.148 e. The van der Waals surface area contributed by atoms with E-state index in [4.69, 9.17) is 10.6 Å². The largest absolute Gasteiger partial charge is 0.379 e. The summed E-state index contributed by atoms with van der Waals surface area (Å²) < 4.78 is 5.40. The van der Waals surface area contributed by atoms with Crippen molar-refractivity contribution in [1.82, 2.24) is 9.97 Å². The fraction of sp³-hybridized carbons (Fsp3) is 0.636. The average Bonchev–Trinajstić information content (AvgIpc) is 2.84. The highest BCUT2D eigenvalue weighted by molar-refractivity contribution is 5.58. The summed E-state index contributed by atoms with van der Waals surface area (Å²) in [6, 6.07) is 0.383. The summed E-state index contributed by atoms with van der Waals surface area (Å²) in [5.41, 5.74) is 3.58. The van der Waals surface area contributed by atoms with E-state index in [1.165, 1.54) is 0 Å². The Morgan fingerprint density at radius 2 is 2.18 bits per heavy atom. The summed E-state index contributed by atoms with van der Waals surface area (Å²) in [4.78, 5) is 10.9. The summed E-state index contributed by atoms with van der Waals surface area (Å²) in [6.07, 6.45) is 1.03. The number of anilines is 2. The number of hydrazine groups is 1. The molecule has 94 valence electrons. The zero-order valence-electron chi connectivity index (χ0n) is 10.5. The molecule has 2 heterocycles. The van der Waals surface area contributed by atoms with E-state index in [2.05, 4.69) is 20.3 Å². The molecule has 0 aliphatic carbocycles. The maximum absolute atomic E-state index is 5.46. The number of nitrogens with zero attached hydrogens (tertiary/aromatic N) is 3. The number of rotatable bonds is 3. The predicted octanol–water partition coefficient (Wildman–Crippen LogP) is 0.604. The summed E-state index contributed by atoms with van der Waals surface area (Å²) in [6.45, 7) is 5.41. The summed E-state index contributed by atoms with van der Waals surface area (Å²) in [5, 5.41) is 0. The molecule has 1 fully saturated rings. The topological polar surface area (TPSA) is 76.3 Å². The Balaban J connectivity index is 2.33. The van der Waals surface area contributed by atoms with Gasteiger partial charge in [-0.15, -0.1) is 0 Å². The number of likely N-dealkylation sites (N-methyl/N-ethyl adjacent to an activating group) is 1. The Morgan fingerprint density at radius 3 is 2.76 bits per heavy atom. The van der Waals surface area contributed by atoms with Crippen LogP contribution in [0.1, 0.15) is 17.8 Å². The van der Waals surface area contributed by atoms with Gasteiger partial charge in [-0.2, -0.15) is 0 Å². The quantitative estimate of drug-likeness (QED) is 0.592. The zero-order chi connectivity index (χ0) is 12.4. The lowest BCUT2D eigenvalue weighted by Crippen LogP contribution is -2.33. The maximum atomic E-state index is 5.46. The third-order valence-electron chi connectivity index (χ3n) is 3.16. The van der Waals surface area contributed by atoms with Crippen LogP contribution in [0.15, 0.2) is 0 Å². The van der Waals surface area contributed by atoms with Crippen LogP contribution >= 0.6 is 0 Å². The number of nitrogens with one attached hydrogen (secondary N) is 1. The van der Waals surface area contributed by atoms with Crippen LogP contribution < -0.4 is 16.2 Å². The Morgan fingerprint density at radius 1 is 1.41 bits per heavy atom. The molecule has 0 spiro atoms. The molecule has 0 bridgehead atoms. The van der Waals surface area contributed by atoms with Crippen molar-refractivity contribution >= 4 is 11.6 Å². The molecule has 1 aromatic rings. The van der Waals surface area contributed by atoms with E-state index in [-0.39, 0.29) is 0 Å². The zero-order valence-corrected chi connectivity index (χ0v) is 10.5. The molecular weight excluding hydrogens is 218 g/mol. The molecule has 0 aromatic carbocycles. The lowest BCUT2D eigenvalue weighted by atomic mass is 10.2. The first-order valence-electron chi connectivity index (χ1n) is 5.76. The second-order valence-corrected chi connectivity index (χ2v) is 4.34. The third-order valence-corrected chi connectivity index (χ3v) is 3.16. The van der Waals surface area contributed by atoms with Gasteiger partial charge in [-0.3, -0.25) is 0 Å². The van der Waals surface area contributed by atoms with Gasteiger partial charge in [-0.1, -0.05) is 0 Å². The van der Waals surface area contributed by atoms with Crippen molar-refractivity contribution < 1.29 is 4.74 Å². The fourth-order valence-corrected chi connectivity index (χ4v) is 2.10. The van der Waals surface area contributed by atoms with Crippen molar-refractivity contribution in [3.8, 4) is 0 Å². The molecular formula is C11H19N5O. The van der Waals surface area contributed by atoms with Gasteiger partial charge in [0.05, 0.1) is 12.6 Å². The fourth-order valence-electron chi connectivity index (χ4n) is 2.10. The Kier molecular flexibility index (Phi) is 3.44. The van der Waals surface area contributed by atoms with Crippen molar-refractivity contribution in [2.45, 2.75) is 26.3 Å². The molecule has 2 rings (SSSR count). The molecule has 0 radical (unpaired) electrons. The van der Waals surface area contributed by atoms with Gasteiger partial charge in [-0.25, -0.2) is 15.8 Å². The van der Waals surface area contributed by atoms with Crippen molar-refractivity contribution in [1.29, 1.82) is 0 Å². The molecule has 17 heavy (non-hydrogen) atoms. The van der Waals surface area contributed by atoms with Gasteiger partial charge in [-0.05, 0) is 20.3 Å². The minimum absolute atomic E-state index is 0.383. The molecule has 0 amide bonds. The molecule has 0 saturated carbocycles. The van der Waals surface area contributed by atoms with Crippen molar-refractivity contribution in [3.05, 3.63) is 11.4 Å². The standard InChI is InChI=1S/C11H19N5O/c1-7-10(15-12)13-8(2)14-11(7)16(3)9-4-5-17-6-9/h9H,4-6,12H2,1-3H3,(H,13,14,15). The van der Waals surface area contributed by atoms with Crippen LogP contribution in [-0.4, -0.2) is 36.3 Å². The Hall–Kier alpha value is -1.40. The van der Waals surface area contributed by atoms with Gasteiger partial charge in [0.1, 0.15) is 17.5 Å². The molecule has 1 aliphatic heterocycles. The van der Waals surface area contributed by atoms with Crippen molar-refractivity contribution in [2.24, 2.45) is 5.84 Å². The number of aryl methyl sites for hydroxylation is 1. The molecule has 1 unspecified atom stereocenters. The van der Waals surface area contributed by atoms with Gasteiger partial charge >= 0.3 is 0 Å². The monoisotopic (exact) mass is 237 g/mol. The van der Waals surface area contributed by atoms with E-state index in [0.29, 0.717) is 17.7 Å². The first-order valence-corrected chi connectivity index (χ1v) is 5.76. The van der Waals surface area contributed by atoms with E-state index in [9.17, 15) is 0 Å². The number of aromatic nitrogens is 2. The van der Waals surface area contributed by atoms with Gasteiger partial charge in [0.2, 0.25) is 0 Å². The highest BCUT2D eigenvalue weighted by Crippen LogP contribution is 2.25. The molecule has 1 aliphatic rings. The van der Waals surface area contributed by atoms with Crippen LogP contribution in [0.5, 0.6) is 0 Å². The maximum Gasteiger partial charge on any atom is 0.148 e. The van der Waals surface area contributed by atoms with Gasteiger partial charge in [0.25, 0.3) is 0 Å². The van der Waals surface area contributed by atoms with E-state index in [0.717, 1.165) is 31.0 Å². The molecule has 1 aromatic heterocycles. The lowest BCUT2D eigenvalue weighted by Gasteiger charge is -2.26. The highest BCUT2D eigenvalue weighted by Gasteiger charge is 2.23. The van der Waals surface area contributed by atoms with Crippen LogP contribution in [-0.2, 0) is 4.74 Å². The molecule has 6 heteroatoms. The number of nitrogen functional groups attached to an aromatic ring is 1. The van der Waals surface area contributed by atoms with Crippen LogP contribution in [0.25, 0.3) is 0 Å². The molecule has 6 nitrogen and oxygen atoms in total. The number of ether oxygens (including phenoxy) is 1. The van der Waals surface area contributed by atoms with Gasteiger partial charge in [0.15, 0.2) is 0 Å². The molecule has 3 N–H and O–H groups in total. The van der Waals surface area contributed by atoms with E-state index in [1.807, 2.05) is 20.9 Å². The number of hydrogen-bond donors (Lipinski definition) is 2. The summed E-state index contributed by atoms with van der Waals surface area (Å²) in [7, 11) is 2.04. The minimum atomic E-state index is 0.383. The molecule has 1 atom stereocenters. The SMILES string of the molecule is Cc1nc(NN)c(C)c(N(C)C2CCOC2)n1. The normalized spacial score (nSPS) is 19.4. The van der Waals surface area contributed by atoms with Crippen LogP contribution in [0.2, 0.25) is 0 Å². The average molecular weight is 237 g/mol. The van der Waals surface area contributed by atoms with E-state index < -0.39 is 0 Å². The summed E-state index contributed by atoms with van der Waals surface area (Å²) >= 11 is 0. The number of nitrogens with two attached hydrogens (primary N) is 1. The lowest BCUT2D eigenvalue weighted by molar-refractivity contribution is 0.193. The number of hydrogen-bond acceptors (Lipinski definition) is 6. The predicted molar refractivity (Wildman–Crippen MR) is 66.9 cm³/mol. The van der Waals surface area contributed by atoms with Crippen LogP contribution in [0.3, 0.4) is 0 Å². The van der Waals surface area contributed by atoms with Crippen molar-refractivity contribution in [3.63, 3.8) is 0 Å². The van der Waals surface area contributed by atoms with Crippen molar-refractivity contribution in [2.75, 3.05) is 30.6 Å². The van der Waals surface area contributed by atoms with Gasteiger partial charge < -0.3 is 15.1 Å². The van der Waals surface area contributed by atoms with Crippen LogP contribution in [0, 0.1) is 13.8 Å². The Bertz CT molecular complexity index is 403. The highest BCUT2D eigenvalue weighted by atomic mass is 16.5. The minimum Gasteiger partial charge on any atom is -0.379 e. The second-order valence-electron chi connectivity index (χ2n) is 4.34. The van der Waals surface area contributed by atoms with E-state index >= 15 is 0 Å². The second kappa shape index (κ2) is 4.85. The van der Waals surface area contributed by atoms with E-state index in [1.54, 1.807) is 0 Å². The summed E-state index contributed by atoms with van der Waals surface area (Å²) in [5.74, 6) is 7.77. The van der Waals surface area contributed by atoms with Gasteiger partial charge in [0, 0.05) is 19.2 Å².